The molecule has 5 rings (SSSR count). The average Bonchev–Trinajstić information content (AvgIpc) is 3.25. The van der Waals surface area contributed by atoms with Gasteiger partial charge < -0.3 is 9.15 Å². The second kappa shape index (κ2) is 9.56. The van der Waals surface area contributed by atoms with E-state index in [2.05, 4.69) is 41.8 Å². The Morgan fingerprint density at radius 3 is 2.72 bits per heavy atom. The van der Waals surface area contributed by atoms with Crippen LogP contribution in [0.5, 0.6) is 5.75 Å². The number of para-hydroxylation sites is 1. The number of rotatable bonds is 5. The number of halogens is 2. The summed E-state index contributed by atoms with van der Waals surface area (Å²) >= 11 is 9.75. The smallest absolute Gasteiger partial charge is 0.282 e. The Labute approximate surface area is 221 Å². The van der Waals surface area contributed by atoms with Gasteiger partial charge in [0.25, 0.3) is 5.56 Å². The van der Waals surface area contributed by atoms with Crippen molar-refractivity contribution in [2.45, 2.75) is 20.8 Å². The highest BCUT2D eigenvalue weighted by Crippen LogP contribution is 2.29. The number of benzene rings is 3. The van der Waals surface area contributed by atoms with Crippen LogP contribution in [0, 0.1) is 5.41 Å². The van der Waals surface area contributed by atoms with Crippen molar-refractivity contribution in [2.75, 3.05) is 6.61 Å². The van der Waals surface area contributed by atoms with Crippen LogP contribution < -0.4 is 10.3 Å². The van der Waals surface area contributed by atoms with Crippen LogP contribution in [0.1, 0.15) is 26.3 Å². The molecule has 3 aromatic carbocycles. The first-order valence-electron chi connectivity index (χ1n) is 11.4. The van der Waals surface area contributed by atoms with E-state index in [4.69, 9.17) is 25.7 Å². The maximum absolute atomic E-state index is 13.5. The normalized spacial score (nSPS) is 12.1. The molecule has 182 valence electrons. The number of ether oxygens (including phenoxy) is 1. The largest absolute Gasteiger partial charge is 0.492 e. The molecule has 0 atom stereocenters. The van der Waals surface area contributed by atoms with Gasteiger partial charge in [0.1, 0.15) is 11.3 Å². The molecule has 0 radical (unpaired) electrons. The van der Waals surface area contributed by atoms with Crippen LogP contribution in [0.25, 0.3) is 33.5 Å². The quantitative estimate of drug-likeness (QED) is 0.207. The first kappa shape index (κ1) is 24.3. The Kier molecular flexibility index (Phi) is 6.45. The topological polar surface area (TPSA) is 69.6 Å². The number of fused-ring (bicyclic) bond motifs is 2. The summed E-state index contributed by atoms with van der Waals surface area (Å²) in [7, 11) is 0. The third-order valence-electron chi connectivity index (χ3n) is 5.40. The lowest BCUT2D eigenvalue weighted by Gasteiger charge is -2.19. The zero-order valence-corrected chi connectivity index (χ0v) is 22.3. The van der Waals surface area contributed by atoms with Crippen molar-refractivity contribution in [3.8, 4) is 17.3 Å². The molecule has 2 heterocycles. The molecule has 0 aliphatic carbocycles. The summed E-state index contributed by atoms with van der Waals surface area (Å²) in [6.45, 7) is 6.78. The predicted molar refractivity (Wildman–Crippen MR) is 148 cm³/mol. The van der Waals surface area contributed by atoms with Crippen molar-refractivity contribution < 1.29 is 9.15 Å². The Bertz CT molecular complexity index is 1680. The van der Waals surface area contributed by atoms with Crippen LogP contribution in [0.2, 0.25) is 5.02 Å². The minimum absolute atomic E-state index is 0.0310. The molecule has 0 saturated heterocycles. The Balaban J connectivity index is 1.66. The van der Waals surface area contributed by atoms with Gasteiger partial charge in [-0.1, -0.05) is 60.4 Å². The van der Waals surface area contributed by atoms with Crippen molar-refractivity contribution in [3.63, 3.8) is 0 Å². The molecule has 36 heavy (non-hydrogen) atoms. The van der Waals surface area contributed by atoms with Gasteiger partial charge in [-0.25, -0.2) is 4.98 Å². The Morgan fingerprint density at radius 2 is 1.92 bits per heavy atom. The minimum atomic E-state index is -0.312. The van der Waals surface area contributed by atoms with Crippen LogP contribution in [-0.2, 0) is 0 Å². The number of hydrogen-bond donors (Lipinski definition) is 0. The first-order valence-corrected chi connectivity index (χ1v) is 12.5. The SMILES string of the molecule is CC(C)(C)COc1ccc(Cl)cc1C=Nn1c(-c2cc3cc(Br)ccc3o2)nc2ccccc2c1=O. The Hall–Kier alpha value is -3.42. The molecular weight excluding hydrogens is 542 g/mol. The lowest BCUT2D eigenvalue weighted by atomic mass is 9.99. The fraction of sp³-hybridized carbons (Fsp3) is 0.179. The van der Waals surface area contributed by atoms with E-state index in [0.717, 1.165) is 9.86 Å². The molecule has 6 nitrogen and oxygen atoms in total. The second-order valence-electron chi connectivity index (χ2n) is 9.64. The van der Waals surface area contributed by atoms with Crippen molar-refractivity contribution in [3.05, 3.63) is 92.1 Å². The van der Waals surface area contributed by atoms with Gasteiger partial charge in [0, 0.05) is 20.4 Å². The fourth-order valence-corrected chi connectivity index (χ4v) is 4.24. The summed E-state index contributed by atoms with van der Waals surface area (Å²) in [5.41, 5.74) is 1.54. The van der Waals surface area contributed by atoms with Gasteiger partial charge in [-0.3, -0.25) is 4.79 Å². The molecule has 0 bridgehead atoms. The molecule has 0 saturated carbocycles. The first-order chi connectivity index (χ1) is 17.2. The summed E-state index contributed by atoms with van der Waals surface area (Å²) in [4.78, 5) is 18.3. The summed E-state index contributed by atoms with van der Waals surface area (Å²) in [6.07, 6.45) is 1.56. The molecule has 2 aromatic heterocycles. The highest BCUT2D eigenvalue weighted by atomic mass is 79.9. The monoisotopic (exact) mass is 563 g/mol. The minimum Gasteiger partial charge on any atom is -0.492 e. The van der Waals surface area contributed by atoms with E-state index in [1.165, 1.54) is 4.68 Å². The molecule has 0 N–H and O–H groups in total. The van der Waals surface area contributed by atoms with Crippen molar-refractivity contribution in [1.82, 2.24) is 9.66 Å². The Morgan fingerprint density at radius 1 is 1.11 bits per heavy atom. The van der Waals surface area contributed by atoms with Crippen molar-refractivity contribution in [1.29, 1.82) is 0 Å². The molecule has 0 aliphatic heterocycles. The van der Waals surface area contributed by atoms with Gasteiger partial charge >= 0.3 is 0 Å². The molecule has 0 spiro atoms. The van der Waals surface area contributed by atoms with Crippen LogP contribution in [0.4, 0.5) is 0 Å². The molecular formula is C28H23BrClN3O3. The van der Waals surface area contributed by atoms with Crippen molar-refractivity contribution in [2.24, 2.45) is 10.5 Å². The lowest BCUT2D eigenvalue weighted by Crippen LogP contribution is -2.20. The highest BCUT2D eigenvalue weighted by molar-refractivity contribution is 9.10. The van der Waals surface area contributed by atoms with E-state index in [0.29, 0.717) is 51.0 Å². The molecule has 8 heteroatoms. The van der Waals surface area contributed by atoms with Crippen LogP contribution >= 0.6 is 27.5 Å². The van der Waals surface area contributed by atoms with E-state index in [-0.39, 0.29) is 11.0 Å². The third kappa shape index (κ3) is 5.08. The summed E-state index contributed by atoms with van der Waals surface area (Å²) in [6, 6.07) is 20.0. The maximum atomic E-state index is 13.5. The predicted octanol–water partition coefficient (Wildman–Crippen LogP) is 7.53. The van der Waals surface area contributed by atoms with Gasteiger partial charge in [0.15, 0.2) is 5.76 Å². The van der Waals surface area contributed by atoms with E-state index in [9.17, 15) is 4.79 Å². The second-order valence-corrected chi connectivity index (χ2v) is 11.0. The standard InChI is InChI=1S/C28H23BrClN3O3/c1-28(2,3)16-35-23-11-9-20(30)13-18(23)15-31-33-26(32-22-7-5-4-6-21(22)27(33)34)25-14-17-12-19(29)8-10-24(17)36-25/h4-15H,16H2,1-3H3. The number of furan rings is 1. The van der Waals surface area contributed by atoms with Crippen LogP contribution in [0.3, 0.4) is 0 Å². The van der Waals surface area contributed by atoms with Crippen LogP contribution in [0.15, 0.2) is 85.5 Å². The van der Waals surface area contributed by atoms with Crippen LogP contribution in [-0.4, -0.2) is 22.5 Å². The number of hydrogen-bond acceptors (Lipinski definition) is 5. The van der Waals surface area contributed by atoms with Gasteiger partial charge in [-0.05, 0) is 60.0 Å². The lowest BCUT2D eigenvalue weighted by molar-refractivity contribution is 0.197. The molecule has 0 aliphatic rings. The van der Waals surface area contributed by atoms with Crippen molar-refractivity contribution >= 4 is 55.6 Å². The average molecular weight is 565 g/mol. The van der Waals surface area contributed by atoms with E-state index in [1.54, 1.807) is 42.6 Å². The summed E-state index contributed by atoms with van der Waals surface area (Å²) < 4.78 is 14.3. The molecule has 0 fully saturated rings. The molecule has 0 amide bonds. The number of aromatic nitrogens is 2. The summed E-state index contributed by atoms with van der Waals surface area (Å²) in [5.74, 6) is 1.34. The zero-order chi connectivity index (χ0) is 25.4. The van der Waals surface area contributed by atoms with E-state index in [1.807, 2.05) is 30.3 Å². The molecule has 5 aromatic rings. The molecule has 0 unspecified atom stereocenters. The highest BCUT2D eigenvalue weighted by Gasteiger charge is 2.17. The number of nitrogens with zero attached hydrogens (tertiary/aromatic N) is 3. The van der Waals surface area contributed by atoms with E-state index >= 15 is 0 Å². The van der Waals surface area contributed by atoms with Gasteiger partial charge in [-0.2, -0.15) is 9.78 Å². The summed E-state index contributed by atoms with van der Waals surface area (Å²) in [5, 5.41) is 6.41. The third-order valence-corrected chi connectivity index (χ3v) is 6.13. The van der Waals surface area contributed by atoms with Gasteiger partial charge in [0.05, 0.1) is 23.7 Å². The fourth-order valence-electron chi connectivity index (χ4n) is 3.68. The zero-order valence-electron chi connectivity index (χ0n) is 20.0. The van der Waals surface area contributed by atoms with Gasteiger partial charge in [0.2, 0.25) is 5.82 Å². The maximum Gasteiger partial charge on any atom is 0.282 e. The van der Waals surface area contributed by atoms with Gasteiger partial charge in [-0.15, -0.1) is 0 Å². The van der Waals surface area contributed by atoms with E-state index < -0.39 is 0 Å².